The first-order valence-corrected chi connectivity index (χ1v) is 8.79. The van der Waals surface area contributed by atoms with E-state index in [0.717, 1.165) is 21.6 Å². The van der Waals surface area contributed by atoms with Crippen molar-refractivity contribution in [2.24, 2.45) is 0 Å². The van der Waals surface area contributed by atoms with E-state index in [-0.39, 0.29) is 24.8 Å². The Hall–Kier alpha value is -2.38. The first-order valence-electron chi connectivity index (χ1n) is 7.60. The molecule has 0 atom stereocenters. The molecule has 3 aromatic rings. The van der Waals surface area contributed by atoms with E-state index in [2.05, 4.69) is 15.2 Å². The number of methoxy groups -OCH3 is 1. The average Bonchev–Trinajstić information content (AvgIpc) is 3.16. The molecule has 6 nitrogen and oxygen atoms in total. The topological polar surface area (TPSA) is 73.2 Å². The van der Waals surface area contributed by atoms with Crippen molar-refractivity contribution >= 4 is 45.0 Å². The summed E-state index contributed by atoms with van der Waals surface area (Å²) in [5.74, 6) is -0.586. The summed E-state index contributed by atoms with van der Waals surface area (Å²) in [5, 5.41) is 8.74. The normalized spacial score (nSPS) is 10.8. The highest BCUT2D eigenvalue weighted by molar-refractivity contribution is 7.20. The van der Waals surface area contributed by atoms with Crippen LogP contribution in [0.1, 0.15) is 21.8 Å². The third kappa shape index (κ3) is 3.52. The number of aromatic nitrogens is 2. The molecule has 0 aliphatic heterocycles. The molecule has 130 valence electrons. The zero-order valence-electron chi connectivity index (χ0n) is 13.7. The minimum absolute atomic E-state index is 0.138. The number of hydrogen-bond donors (Lipinski definition) is 1. The number of para-hydroxylation sites is 1. The van der Waals surface area contributed by atoms with E-state index in [1.165, 1.54) is 18.4 Å². The van der Waals surface area contributed by atoms with Crippen LogP contribution in [0.3, 0.4) is 0 Å². The molecular formula is C17H16ClN3O3S. The minimum Gasteiger partial charge on any atom is -0.469 e. The molecule has 1 N–H and O–H groups in total. The summed E-state index contributed by atoms with van der Waals surface area (Å²) in [7, 11) is 1.32. The zero-order chi connectivity index (χ0) is 18.0. The molecule has 0 saturated heterocycles. The van der Waals surface area contributed by atoms with Crippen LogP contribution < -0.4 is 5.32 Å². The third-order valence-electron chi connectivity index (χ3n) is 3.69. The van der Waals surface area contributed by atoms with Crippen LogP contribution in [0.25, 0.3) is 15.9 Å². The van der Waals surface area contributed by atoms with Crippen molar-refractivity contribution in [2.75, 3.05) is 13.7 Å². The molecule has 1 amide bonds. The van der Waals surface area contributed by atoms with Gasteiger partial charge >= 0.3 is 5.97 Å². The number of halogens is 1. The Morgan fingerprint density at radius 3 is 2.84 bits per heavy atom. The highest BCUT2D eigenvalue weighted by Gasteiger charge is 2.18. The fourth-order valence-electron chi connectivity index (χ4n) is 2.41. The number of rotatable bonds is 5. The number of benzene rings is 1. The van der Waals surface area contributed by atoms with Gasteiger partial charge < -0.3 is 10.1 Å². The summed E-state index contributed by atoms with van der Waals surface area (Å²) >= 11 is 7.60. The van der Waals surface area contributed by atoms with Crippen molar-refractivity contribution in [1.82, 2.24) is 15.1 Å². The molecule has 3 rings (SSSR count). The Bertz CT molecular complexity index is 948. The van der Waals surface area contributed by atoms with E-state index in [0.29, 0.717) is 9.90 Å². The Morgan fingerprint density at radius 1 is 1.36 bits per heavy atom. The molecule has 2 heterocycles. The third-order valence-corrected chi connectivity index (χ3v) is 5.12. The van der Waals surface area contributed by atoms with Crippen molar-refractivity contribution in [1.29, 1.82) is 0 Å². The standard InChI is InChI=1S/C17H16ClN3O3S/c1-10-11-9-14(16(23)19-8-7-15(22)24-2)25-17(11)21(20-10)13-6-4-3-5-12(13)18/h3-6,9H,7-8H2,1-2H3,(H,19,23). The lowest BCUT2D eigenvalue weighted by atomic mass is 10.3. The molecule has 0 saturated carbocycles. The van der Waals surface area contributed by atoms with Crippen molar-refractivity contribution in [3.63, 3.8) is 0 Å². The summed E-state index contributed by atoms with van der Waals surface area (Å²) in [6.45, 7) is 2.12. The predicted molar refractivity (Wildman–Crippen MR) is 97.7 cm³/mol. The molecule has 2 aromatic heterocycles. The Morgan fingerprint density at radius 2 is 2.12 bits per heavy atom. The molecule has 8 heteroatoms. The Labute approximate surface area is 153 Å². The van der Waals surface area contributed by atoms with Crippen molar-refractivity contribution in [3.05, 3.63) is 45.9 Å². The first-order chi connectivity index (χ1) is 12.0. The summed E-state index contributed by atoms with van der Waals surface area (Å²) in [5.41, 5.74) is 1.58. The second-order valence-electron chi connectivity index (χ2n) is 5.36. The van der Waals surface area contributed by atoms with Crippen molar-refractivity contribution in [2.45, 2.75) is 13.3 Å². The second kappa shape index (κ2) is 7.25. The monoisotopic (exact) mass is 377 g/mol. The smallest absolute Gasteiger partial charge is 0.307 e. The number of nitrogens with one attached hydrogen (secondary N) is 1. The van der Waals surface area contributed by atoms with E-state index in [4.69, 9.17) is 11.6 Å². The number of esters is 1. The molecule has 0 radical (unpaired) electrons. The van der Waals surface area contributed by atoms with Gasteiger partial charge in [0.25, 0.3) is 5.91 Å². The SMILES string of the molecule is COC(=O)CCNC(=O)c1cc2c(C)nn(-c3ccccc3Cl)c2s1. The minimum atomic E-state index is -0.359. The molecule has 0 bridgehead atoms. The van der Waals surface area contributed by atoms with E-state index >= 15 is 0 Å². The molecule has 25 heavy (non-hydrogen) atoms. The van der Waals surface area contributed by atoms with Gasteiger partial charge in [-0.3, -0.25) is 9.59 Å². The average molecular weight is 378 g/mol. The Balaban J connectivity index is 1.88. The van der Waals surface area contributed by atoms with Gasteiger partial charge in [0, 0.05) is 11.9 Å². The largest absolute Gasteiger partial charge is 0.469 e. The molecule has 1 aromatic carbocycles. The Kier molecular flexibility index (Phi) is 5.06. The molecule has 0 unspecified atom stereocenters. The molecule has 0 spiro atoms. The van der Waals surface area contributed by atoms with Gasteiger partial charge in [0.05, 0.1) is 34.8 Å². The van der Waals surface area contributed by atoms with Gasteiger partial charge in [0.1, 0.15) is 4.83 Å². The van der Waals surface area contributed by atoms with Crippen LogP contribution in [0.15, 0.2) is 30.3 Å². The van der Waals surface area contributed by atoms with E-state index in [9.17, 15) is 9.59 Å². The van der Waals surface area contributed by atoms with Crippen LogP contribution in [0.2, 0.25) is 5.02 Å². The number of carbonyl (C=O) groups excluding carboxylic acids is 2. The quantitative estimate of drug-likeness (QED) is 0.692. The van der Waals surface area contributed by atoms with Gasteiger partial charge in [-0.15, -0.1) is 11.3 Å². The maximum absolute atomic E-state index is 12.3. The number of fused-ring (bicyclic) bond motifs is 1. The maximum Gasteiger partial charge on any atom is 0.307 e. The number of nitrogens with zero attached hydrogens (tertiary/aromatic N) is 2. The maximum atomic E-state index is 12.3. The summed E-state index contributed by atoms with van der Waals surface area (Å²) < 4.78 is 6.31. The van der Waals surface area contributed by atoms with Crippen LogP contribution in [0.5, 0.6) is 0 Å². The summed E-state index contributed by atoms with van der Waals surface area (Å²) in [4.78, 5) is 24.8. The van der Waals surface area contributed by atoms with Crippen LogP contribution in [0, 0.1) is 6.92 Å². The highest BCUT2D eigenvalue weighted by Crippen LogP contribution is 2.32. The van der Waals surface area contributed by atoms with E-state index < -0.39 is 0 Å². The number of ether oxygens (including phenoxy) is 1. The lowest BCUT2D eigenvalue weighted by Crippen LogP contribution is -2.25. The predicted octanol–water partition coefficient (Wildman–Crippen LogP) is 3.34. The van der Waals surface area contributed by atoms with Gasteiger partial charge in [0.2, 0.25) is 0 Å². The van der Waals surface area contributed by atoms with Crippen molar-refractivity contribution in [3.8, 4) is 5.69 Å². The van der Waals surface area contributed by atoms with E-state index in [1.54, 1.807) is 10.7 Å². The van der Waals surface area contributed by atoms with E-state index in [1.807, 2.05) is 31.2 Å². The summed E-state index contributed by atoms with van der Waals surface area (Å²) in [6.07, 6.45) is 0.138. The van der Waals surface area contributed by atoms with Gasteiger partial charge in [0.15, 0.2) is 0 Å². The van der Waals surface area contributed by atoms with Crippen molar-refractivity contribution < 1.29 is 14.3 Å². The number of hydrogen-bond acceptors (Lipinski definition) is 5. The van der Waals surface area contributed by atoms with Gasteiger partial charge in [-0.2, -0.15) is 5.10 Å². The fourth-order valence-corrected chi connectivity index (χ4v) is 3.72. The molecule has 0 aliphatic carbocycles. The van der Waals surface area contributed by atoms with Crippen LogP contribution in [-0.2, 0) is 9.53 Å². The van der Waals surface area contributed by atoms with Crippen LogP contribution in [0.4, 0.5) is 0 Å². The van der Waals surface area contributed by atoms with Gasteiger partial charge in [-0.05, 0) is 25.1 Å². The number of carbonyl (C=O) groups is 2. The fraction of sp³-hybridized carbons (Fsp3) is 0.235. The van der Waals surface area contributed by atoms with Gasteiger partial charge in [-0.25, -0.2) is 4.68 Å². The molecule has 0 aliphatic rings. The number of amides is 1. The lowest BCUT2D eigenvalue weighted by molar-refractivity contribution is -0.140. The second-order valence-corrected chi connectivity index (χ2v) is 6.80. The first kappa shape index (κ1) is 17.4. The number of thiophene rings is 1. The van der Waals surface area contributed by atoms with Gasteiger partial charge in [-0.1, -0.05) is 23.7 Å². The highest BCUT2D eigenvalue weighted by atomic mass is 35.5. The lowest BCUT2D eigenvalue weighted by Gasteiger charge is -2.04. The van der Waals surface area contributed by atoms with Crippen LogP contribution >= 0.6 is 22.9 Å². The summed E-state index contributed by atoms with van der Waals surface area (Å²) in [6, 6.07) is 9.23. The number of aryl methyl sites for hydroxylation is 1. The molecular weight excluding hydrogens is 362 g/mol. The van der Waals surface area contributed by atoms with Crippen LogP contribution in [-0.4, -0.2) is 35.3 Å². The zero-order valence-corrected chi connectivity index (χ0v) is 15.3. The molecule has 0 fully saturated rings.